The van der Waals surface area contributed by atoms with Gasteiger partial charge in [0.05, 0.1) is 22.6 Å². The van der Waals surface area contributed by atoms with Crippen LogP contribution < -0.4 is 11.1 Å². The van der Waals surface area contributed by atoms with Crippen LogP contribution in [-0.4, -0.2) is 23.0 Å². The molecule has 1 heterocycles. The molecule has 22 heavy (non-hydrogen) atoms. The van der Waals surface area contributed by atoms with Crippen molar-refractivity contribution < 1.29 is 14.7 Å². The third-order valence-electron chi connectivity index (χ3n) is 3.15. The average molecular weight is 339 g/mol. The zero-order valence-electron chi connectivity index (χ0n) is 11.7. The van der Waals surface area contributed by atoms with Crippen LogP contribution in [0.2, 0.25) is 5.02 Å². The van der Waals surface area contributed by atoms with Crippen LogP contribution in [0.25, 0.3) is 0 Å². The predicted molar refractivity (Wildman–Crippen MR) is 86.2 cm³/mol. The highest BCUT2D eigenvalue weighted by Crippen LogP contribution is 2.20. The van der Waals surface area contributed by atoms with Gasteiger partial charge in [0, 0.05) is 10.4 Å². The number of carbonyl (C=O) groups is 2. The van der Waals surface area contributed by atoms with Gasteiger partial charge in [-0.25, -0.2) is 0 Å². The number of amides is 2. The van der Waals surface area contributed by atoms with Crippen molar-refractivity contribution in [2.45, 2.75) is 19.1 Å². The molecule has 5 nitrogen and oxygen atoms in total. The van der Waals surface area contributed by atoms with Crippen molar-refractivity contribution in [1.82, 2.24) is 5.32 Å². The number of halogens is 1. The maximum Gasteiger partial charge on any atom is 0.261 e. The van der Waals surface area contributed by atoms with Gasteiger partial charge in [0.25, 0.3) is 5.91 Å². The number of thiophene rings is 1. The number of hydrogen-bond donors (Lipinski definition) is 3. The van der Waals surface area contributed by atoms with E-state index in [1.54, 1.807) is 31.2 Å². The normalized spacial score (nSPS) is 13.4. The number of rotatable bonds is 5. The maximum absolute atomic E-state index is 12.1. The Bertz CT molecular complexity index is 684. The second-order valence-electron chi connectivity index (χ2n) is 4.82. The molecule has 0 bridgehead atoms. The van der Waals surface area contributed by atoms with Crippen molar-refractivity contribution in [2.75, 3.05) is 0 Å². The van der Waals surface area contributed by atoms with Gasteiger partial charge in [-0.2, -0.15) is 0 Å². The summed E-state index contributed by atoms with van der Waals surface area (Å²) in [5, 5.41) is 15.0. The molecule has 1 aromatic carbocycles. The Hall–Kier alpha value is -1.89. The van der Waals surface area contributed by atoms with E-state index >= 15 is 0 Å². The number of aliphatic hydroxyl groups excluding tert-OH is 1. The first-order chi connectivity index (χ1) is 10.4. The first kappa shape index (κ1) is 16.5. The van der Waals surface area contributed by atoms with Gasteiger partial charge in [-0.15, -0.1) is 11.3 Å². The molecule has 2 unspecified atom stereocenters. The number of hydrogen-bond acceptors (Lipinski definition) is 4. The van der Waals surface area contributed by atoms with Crippen LogP contribution in [0.1, 0.15) is 38.6 Å². The van der Waals surface area contributed by atoms with Gasteiger partial charge >= 0.3 is 0 Å². The Morgan fingerprint density at radius 1 is 1.32 bits per heavy atom. The Morgan fingerprint density at radius 3 is 2.50 bits per heavy atom. The lowest BCUT2D eigenvalue weighted by atomic mass is 10.0. The molecule has 0 fully saturated rings. The fourth-order valence-corrected chi connectivity index (χ4v) is 2.82. The standard InChI is InChI=1S/C15H15ClN2O3S/c1-8(13(19)9-2-4-11(16)5-3-9)18-15(21)12-6-10(7-22-12)14(17)20/h2-8,13,19H,1H3,(H2,17,20)(H,18,21). The van der Waals surface area contributed by atoms with Crippen molar-refractivity contribution >= 4 is 34.8 Å². The van der Waals surface area contributed by atoms with Crippen LogP contribution >= 0.6 is 22.9 Å². The molecular weight excluding hydrogens is 324 g/mol. The summed E-state index contributed by atoms with van der Waals surface area (Å²) < 4.78 is 0. The van der Waals surface area contributed by atoms with Crippen LogP contribution in [0.5, 0.6) is 0 Å². The topological polar surface area (TPSA) is 92.4 Å². The third-order valence-corrected chi connectivity index (χ3v) is 4.33. The van der Waals surface area contributed by atoms with E-state index in [0.29, 0.717) is 21.0 Å². The van der Waals surface area contributed by atoms with E-state index in [4.69, 9.17) is 17.3 Å². The molecule has 4 N–H and O–H groups in total. The van der Waals surface area contributed by atoms with Crippen LogP contribution in [0.15, 0.2) is 35.7 Å². The molecule has 0 aliphatic carbocycles. The van der Waals surface area contributed by atoms with Gasteiger partial charge in [0.15, 0.2) is 0 Å². The van der Waals surface area contributed by atoms with Gasteiger partial charge in [-0.05, 0) is 30.7 Å². The van der Waals surface area contributed by atoms with Crippen molar-refractivity contribution in [2.24, 2.45) is 5.73 Å². The Balaban J connectivity index is 2.03. The fraction of sp³-hybridized carbons (Fsp3) is 0.200. The summed E-state index contributed by atoms with van der Waals surface area (Å²) in [5.41, 5.74) is 6.10. The van der Waals surface area contributed by atoms with E-state index in [0.717, 1.165) is 11.3 Å². The molecule has 2 aromatic rings. The SMILES string of the molecule is CC(NC(=O)c1cc(C(N)=O)cs1)C(O)c1ccc(Cl)cc1. The number of aliphatic hydroxyl groups is 1. The third kappa shape index (κ3) is 3.85. The van der Waals surface area contributed by atoms with Gasteiger partial charge in [0.2, 0.25) is 5.91 Å². The number of carbonyl (C=O) groups excluding carboxylic acids is 2. The lowest BCUT2D eigenvalue weighted by Crippen LogP contribution is -2.36. The molecular formula is C15H15ClN2O3S. The molecule has 0 radical (unpaired) electrons. The molecule has 2 atom stereocenters. The predicted octanol–water partition coefficient (Wildman–Crippen LogP) is 2.35. The first-order valence-electron chi connectivity index (χ1n) is 6.51. The zero-order chi connectivity index (χ0) is 16.3. The van der Waals surface area contributed by atoms with E-state index in [2.05, 4.69) is 5.32 Å². The molecule has 2 amide bonds. The van der Waals surface area contributed by atoms with Gasteiger partial charge in [-0.1, -0.05) is 23.7 Å². The minimum Gasteiger partial charge on any atom is -0.386 e. The summed E-state index contributed by atoms with van der Waals surface area (Å²) in [6.45, 7) is 1.69. The smallest absolute Gasteiger partial charge is 0.261 e. The van der Waals surface area contributed by atoms with Crippen molar-refractivity contribution in [3.05, 3.63) is 56.7 Å². The lowest BCUT2D eigenvalue weighted by molar-refractivity contribution is 0.0856. The minimum absolute atomic E-state index is 0.293. The summed E-state index contributed by atoms with van der Waals surface area (Å²) in [7, 11) is 0. The van der Waals surface area contributed by atoms with Gasteiger partial charge in [0.1, 0.15) is 0 Å². The largest absolute Gasteiger partial charge is 0.386 e. The Morgan fingerprint density at radius 2 is 1.95 bits per heavy atom. The lowest BCUT2D eigenvalue weighted by Gasteiger charge is -2.20. The molecule has 116 valence electrons. The van der Waals surface area contributed by atoms with E-state index in [1.807, 2.05) is 0 Å². The summed E-state index contributed by atoms with van der Waals surface area (Å²) in [6.07, 6.45) is -0.864. The Labute approximate surface area is 136 Å². The highest BCUT2D eigenvalue weighted by Gasteiger charge is 2.20. The van der Waals surface area contributed by atoms with Crippen molar-refractivity contribution in [3.63, 3.8) is 0 Å². The zero-order valence-corrected chi connectivity index (χ0v) is 13.3. The van der Waals surface area contributed by atoms with Crippen LogP contribution in [-0.2, 0) is 0 Å². The average Bonchev–Trinajstić information content (AvgIpc) is 2.97. The Kier molecular flexibility index (Phi) is 5.18. The highest BCUT2D eigenvalue weighted by molar-refractivity contribution is 7.12. The molecule has 7 heteroatoms. The summed E-state index contributed by atoms with van der Waals surface area (Å²) in [6, 6.07) is 7.68. The summed E-state index contributed by atoms with van der Waals surface area (Å²) in [5.74, 6) is -0.942. The van der Waals surface area contributed by atoms with E-state index in [1.165, 1.54) is 11.4 Å². The number of nitrogens with two attached hydrogens (primary N) is 1. The molecule has 0 aliphatic heterocycles. The van der Waals surface area contributed by atoms with Crippen molar-refractivity contribution in [1.29, 1.82) is 0 Å². The van der Waals surface area contributed by atoms with Crippen LogP contribution in [0.4, 0.5) is 0 Å². The van der Waals surface area contributed by atoms with E-state index in [-0.39, 0.29) is 5.91 Å². The summed E-state index contributed by atoms with van der Waals surface area (Å²) >= 11 is 6.93. The van der Waals surface area contributed by atoms with Crippen LogP contribution in [0.3, 0.4) is 0 Å². The number of nitrogens with one attached hydrogen (secondary N) is 1. The van der Waals surface area contributed by atoms with Crippen molar-refractivity contribution in [3.8, 4) is 0 Å². The maximum atomic E-state index is 12.1. The van der Waals surface area contributed by atoms with Gasteiger partial charge in [-0.3, -0.25) is 9.59 Å². The van der Waals surface area contributed by atoms with E-state index < -0.39 is 18.1 Å². The number of benzene rings is 1. The molecule has 0 saturated carbocycles. The minimum atomic E-state index is -0.864. The molecule has 1 aromatic heterocycles. The molecule has 0 aliphatic rings. The number of primary amides is 1. The van der Waals surface area contributed by atoms with E-state index in [9.17, 15) is 14.7 Å². The first-order valence-corrected chi connectivity index (χ1v) is 7.77. The fourth-order valence-electron chi connectivity index (χ4n) is 1.89. The quantitative estimate of drug-likeness (QED) is 0.781. The monoisotopic (exact) mass is 338 g/mol. The van der Waals surface area contributed by atoms with Gasteiger partial charge < -0.3 is 16.2 Å². The molecule has 0 saturated heterocycles. The molecule has 0 spiro atoms. The van der Waals surface area contributed by atoms with Crippen LogP contribution in [0, 0.1) is 0 Å². The second-order valence-corrected chi connectivity index (χ2v) is 6.17. The highest BCUT2D eigenvalue weighted by atomic mass is 35.5. The summed E-state index contributed by atoms with van der Waals surface area (Å²) in [4.78, 5) is 23.5. The second kappa shape index (κ2) is 6.91. The molecule has 2 rings (SSSR count).